The van der Waals surface area contributed by atoms with Crippen molar-refractivity contribution < 1.29 is 4.79 Å². The minimum absolute atomic E-state index is 0.0928. The zero-order valence-corrected chi connectivity index (χ0v) is 13.3. The van der Waals surface area contributed by atoms with Crippen molar-refractivity contribution in [1.29, 1.82) is 0 Å². The normalized spacial score (nSPS) is 10.8. The maximum absolute atomic E-state index is 12.1. The number of hydrogen-bond acceptors (Lipinski definition) is 4. The molecule has 2 heterocycles. The molecule has 2 aromatic rings. The topological polar surface area (TPSA) is 51.0 Å². The van der Waals surface area contributed by atoms with Gasteiger partial charge in [-0.1, -0.05) is 11.6 Å². The second kappa shape index (κ2) is 6.37. The Kier molecular flexibility index (Phi) is 4.77. The summed E-state index contributed by atoms with van der Waals surface area (Å²) < 4.78 is 2.65. The Hall–Kier alpha value is -1.40. The second-order valence-electron chi connectivity index (χ2n) is 4.68. The van der Waals surface area contributed by atoms with Gasteiger partial charge >= 0.3 is 0 Å². The number of carbonyl (C=O) groups excluding carboxylic acids is 1. The molecule has 0 saturated carbocycles. The van der Waals surface area contributed by atoms with Crippen LogP contribution in [0, 0.1) is 6.92 Å². The monoisotopic (exact) mass is 312 g/mol. The third kappa shape index (κ3) is 3.58. The van der Waals surface area contributed by atoms with E-state index in [-0.39, 0.29) is 5.91 Å². The highest BCUT2D eigenvalue weighted by atomic mass is 35.5. The van der Waals surface area contributed by atoms with Crippen LogP contribution in [0.2, 0.25) is 4.34 Å². The fraction of sp³-hybridized carbons (Fsp3) is 0.462. The first kappa shape index (κ1) is 15.0. The molecule has 2 aromatic heterocycles. The van der Waals surface area contributed by atoms with Crippen LogP contribution < -0.4 is 0 Å². The van der Waals surface area contributed by atoms with Gasteiger partial charge in [-0.2, -0.15) is 0 Å². The van der Waals surface area contributed by atoms with Gasteiger partial charge in [0.1, 0.15) is 5.82 Å². The summed E-state index contributed by atoms with van der Waals surface area (Å²) in [6, 6.07) is 3.82. The van der Waals surface area contributed by atoms with Gasteiger partial charge in [0.05, 0.1) is 10.9 Å². The van der Waals surface area contributed by atoms with Crippen molar-refractivity contribution in [2.75, 3.05) is 7.05 Å². The standard InChI is InChI=1S/C13H17ClN4OS/c1-9-15-16-12(18(9)3)8-17(2)13(19)7-5-10-4-6-11(14)20-10/h4,6H,5,7-8H2,1-3H3. The molecule has 0 atom stereocenters. The quantitative estimate of drug-likeness (QED) is 0.852. The van der Waals surface area contributed by atoms with E-state index in [4.69, 9.17) is 11.6 Å². The molecule has 0 fully saturated rings. The number of carbonyl (C=O) groups is 1. The maximum Gasteiger partial charge on any atom is 0.223 e. The molecule has 0 saturated heterocycles. The van der Waals surface area contributed by atoms with E-state index in [0.717, 1.165) is 27.3 Å². The van der Waals surface area contributed by atoms with Crippen molar-refractivity contribution in [2.45, 2.75) is 26.3 Å². The minimum atomic E-state index is 0.0928. The van der Waals surface area contributed by atoms with Gasteiger partial charge in [0.25, 0.3) is 0 Å². The van der Waals surface area contributed by atoms with Gasteiger partial charge in [0.15, 0.2) is 5.82 Å². The molecule has 0 radical (unpaired) electrons. The summed E-state index contributed by atoms with van der Waals surface area (Å²) in [6.07, 6.45) is 1.20. The average Bonchev–Trinajstić information content (AvgIpc) is 2.96. The predicted molar refractivity (Wildman–Crippen MR) is 79.9 cm³/mol. The number of aromatic nitrogens is 3. The Morgan fingerprint density at radius 3 is 2.75 bits per heavy atom. The second-order valence-corrected chi connectivity index (χ2v) is 6.48. The largest absolute Gasteiger partial charge is 0.338 e. The molecule has 5 nitrogen and oxygen atoms in total. The van der Waals surface area contributed by atoms with Crippen molar-refractivity contribution in [1.82, 2.24) is 19.7 Å². The summed E-state index contributed by atoms with van der Waals surface area (Å²) in [5.74, 6) is 1.72. The van der Waals surface area contributed by atoms with Gasteiger partial charge in [-0.3, -0.25) is 4.79 Å². The average molecular weight is 313 g/mol. The lowest BCUT2D eigenvalue weighted by Crippen LogP contribution is -2.27. The van der Waals surface area contributed by atoms with E-state index in [1.165, 1.54) is 11.3 Å². The lowest BCUT2D eigenvalue weighted by molar-refractivity contribution is -0.130. The molecule has 7 heteroatoms. The van der Waals surface area contributed by atoms with Crippen LogP contribution in [-0.4, -0.2) is 32.6 Å². The van der Waals surface area contributed by atoms with E-state index in [1.807, 2.05) is 30.7 Å². The Balaban J connectivity index is 1.87. The fourth-order valence-corrected chi connectivity index (χ4v) is 2.88. The van der Waals surface area contributed by atoms with Gasteiger partial charge in [0.2, 0.25) is 5.91 Å². The van der Waals surface area contributed by atoms with Crippen LogP contribution in [0.4, 0.5) is 0 Å². The molecule has 0 aromatic carbocycles. The number of thiophene rings is 1. The van der Waals surface area contributed by atoms with Gasteiger partial charge in [-0.15, -0.1) is 21.5 Å². The van der Waals surface area contributed by atoms with Crippen molar-refractivity contribution in [2.24, 2.45) is 7.05 Å². The summed E-state index contributed by atoms with van der Waals surface area (Å²) in [5, 5.41) is 8.05. The van der Waals surface area contributed by atoms with Gasteiger partial charge in [0, 0.05) is 25.4 Å². The molecular weight excluding hydrogens is 296 g/mol. The summed E-state index contributed by atoms with van der Waals surface area (Å²) in [5.41, 5.74) is 0. The first-order valence-electron chi connectivity index (χ1n) is 6.30. The van der Waals surface area contributed by atoms with Crippen molar-refractivity contribution >= 4 is 28.8 Å². The smallest absolute Gasteiger partial charge is 0.223 e. The molecule has 0 aliphatic heterocycles. The number of nitrogens with zero attached hydrogens (tertiary/aromatic N) is 4. The summed E-state index contributed by atoms with van der Waals surface area (Å²) in [7, 11) is 3.68. The first-order chi connectivity index (χ1) is 9.47. The van der Waals surface area contributed by atoms with Crippen LogP contribution in [0.1, 0.15) is 22.9 Å². The Labute approximate surface area is 127 Å². The highest BCUT2D eigenvalue weighted by Crippen LogP contribution is 2.22. The van der Waals surface area contributed by atoms with Gasteiger partial charge < -0.3 is 9.47 Å². The van der Waals surface area contributed by atoms with Crippen LogP contribution in [-0.2, 0) is 24.8 Å². The van der Waals surface area contributed by atoms with E-state index < -0.39 is 0 Å². The highest BCUT2D eigenvalue weighted by Gasteiger charge is 2.13. The number of amides is 1. The molecule has 0 spiro atoms. The summed E-state index contributed by atoms with van der Waals surface area (Å²) in [4.78, 5) is 14.9. The zero-order valence-electron chi connectivity index (χ0n) is 11.8. The molecule has 1 amide bonds. The Bertz CT molecular complexity index is 607. The SMILES string of the molecule is Cc1nnc(CN(C)C(=O)CCc2ccc(Cl)s2)n1C. The predicted octanol–water partition coefficient (Wildman–Crippen LogP) is 2.43. The Morgan fingerprint density at radius 2 is 2.20 bits per heavy atom. The van der Waals surface area contributed by atoms with E-state index in [1.54, 1.807) is 11.9 Å². The number of halogens is 1. The lowest BCUT2D eigenvalue weighted by Gasteiger charge is -2.16. The van der Waals surface area contributed by atoms with E-state index in [9.17, 15) is 4.79 Å². The van der Waals surface area contributed by atoms with E-state index in [0.29, 0.717) is 13.0 Å². The van der Waals surface area contributed by atoms with Crippen molar-refractivity contribution in [3.8, 4) is 0 Å². The first-order valence-corrected chi connectivity index (χ1v) is 7.50. The molecule has 0 bridgehead atoms. The van der Waals surface area contributed by atoms with E-state index in [2.05, 4.69) is 10.2 Å². The van der Waals surface area contributed by atoms with Crippen molar-refractivity contribution in [3.05, 3.63) is 33.0 Å². The molecular formula is C13H17ClN4OS. The fourth-order valence-electron chi connectivity index (χ4n) is 1.80. The van der Waals surface area contributed by atoms with Crippen LogP contribution in [0.25, 0.3) is 0 Å². The third-order valence-electron chi connectivity index (χ3n) is 3.20. The molecule has 2 rings (SSSR count). The molecule has 20 heavy (non-hydrogen) atoms. The van der Waals surface area contributed by atoms with Crippen molar-refractivity contribution in [3.63, 3.8) is 0 Å². The van der Waals surface area contributed by atoms with Gasteiger partial charge in [-0.05, 0) is 25.5 Å². The summed E-state index contributed by atoms with van der Waals surface area (Å²) in [6.45, 7) is 2.36. The molecule has 0 aliphatic rings. The highest BCUT2D eigenvalue weighted by molar-refractivity contribution is 7.16. The molecule has 0 N–H and O–H groups in total. The van der Waals surface area contributed by atoms with Crippen LogP contribution in [0.15, 0.2) is 12.1 Å². The van der Waals surface area contributed by atoms with Gasteiger partial charge in [-0.25, -0.2) is 0 Å². The van der Waals surface area contributed by atoms with Crippen LogP contribution in [0.3, 0.4) is 0 Å². The Morgan fingerprint density at radius 1 is 1.45 bits per heavy atom. The molecule has 0 unspecified atom stereocenters. The van der Waals surface area contributed by atoms with Crippen LogP contribution >= 0.6 is 22.9 Å². The number of aryl methyl sites for hydroxylation is 2. The molecule has 0 aliphatic carbocycles. The number of rotatable bonds is 5. The molecule has 108 valence electrons. The van der Waals surface area contributed by atoms with Crippen LogP contribution in [0.5, 0.6) is 0 Å². The lowest BCUT2D eigenvalue weighted by atomic mass is 10.2. The van der Waals surface area contributed by atoms with E-state index >= 15 is 0 Å². The summed E-state index contributed by atoms with van der Waals surface area (Å²) >= 11 is 7.39. The minimum Gasteiger partial charge on any atom is -0.338 e. The zero-order chi connectivity index (χ0) is 14.7. The third-order valence-corrected chi connectivity index (χ3v) is 4.49. The number of hydrogen-bond donors (Lipinski definition) is 0. The maximum atomic E-state index is 12.1.